The molecular formula is C23H18FN3O5. The number of aldehydes is 1. The van der Waals surface area contributed by atoms with Crippen LogP contribution in [0.1, 0.15) is 21.8 Å². The summed E-state index contributed by atoms with van der Waals surface area (Å²) in [5.41, 5.74) is 6.03. The first-order chi connectivity index (χ1) is 15.4. The average molecular weight is 435 g/mol. The van der Waals surface area contributed by atoms with Crippen LogP contribution in [0.25, 0.3) is 0 Å². The Hall–Kier alpha value is -4.45. The topological polar surface area (TPSA) is 123 Å². The van der Waals surface area contributed by atoms with Gasteiger partial charge in [-0.3, -0.25) is 9.69 Å². The molecule has 0 saturated heterocycles. The third kappa shape index (κ3) is 3.70. The van der Waals surface area contributed by atoms with Crippen molar-refractivity contribution in [2.75, 3.05) is 19.1 Å². The van der Waals surface area contributed by atoms with Crippen LogP contribution in [0.4, 0.5) is 10.1 Å². The second-order valence-electron chi connectivity index (χ2n) is 6.66. The number of carbonyl (C=O) groups is 3. The molecule has 0 radical (unpaired) electrons. The highest BCUT2D eigenvalue weighted by atomic mass is 19.1. The molecule has 0 bridgehead atoms. The zero-order valence-electron chi connectivity index (χ0n) is 17.2. The molecule has 1 atom stereocenters. The van der Waals surface area contributed by atoms with Gasteiger partial charge in [-0.15, -0.1) is 0 Å². The minimum Gasteiger partial charge on any atom is -0.466 e. The van der Waals surface area contributed by atoms with Gasteiger partial charge in [0.1, 0.15) is 17.3 Å². The Bertz CT molecular complexity index is 1200. The van der Waals surface area contributed by atoms with Crippen LogP contribution in [0.2, 0.25) is 0 Å². The van der Waals surface area contributed by atoms with Crippen LogP contribution in [0.3, 0.4) is 0 Å². The van der Waals surface area contributed by atoms with E-state index < -0.39 is 23.7 Å². The Balaban J connectivity index is 2.46. The number of allylic oxidation sites excluding steroid dienone is 1. The van der Waals surface area contributed by atoms with E-state index in [9.17, 15) is 24.0 Å². The maximum atomic E-state index is 13.8. The molecule has 0 saturated carbocycles. The summed E-state index contributed by atoms with van der Waals surface area (Å²) in [4.78, 5) is 38.5. The van der Waals surface area contributed by atoms with Gasteiger partial charge in [-0.25, -0.2) is 14.0 Å². The number of ether oxygens (including phenoxy) is 2. The molecule has 8 nitrogen and oxygen atoms in total. The number of methoxy groups -OCH3 is 2. The molecule has 0 spiro atoms. The highest BCUT2D eigenvalue weighted by Crippen LogP contribution is 2.43. The molecular weight excluding hydrogens is 417 g/mol. The summed E-state index contributed by atoms with van der Waals surface area (Å²) in [5.74, 6) is -3.83. The van der Waals surface area contributed by atoms with Crippen LogP contribution in [0.15, 0.2) is 71.2 Å². The van der Waals surface area contributed by atoms with Gasteiger partial charge in [0.05, 0.1) is 43.0 Å². The third-order valence-electron chi connectivity index (χ3n) is 4.97. The van der Waals surface area contributed by atoms with Crippen molar-refractivity contribution in [2.24, 2.45) is 5.73 Å². The van der Waals surface area contributed by atoms with Crippen molar-refractivity contribution in [3.05, 3.63) is 88.1 Å². The molecule has 32 heavy (non-hydrogen) atoms. The summed E-state index contributed by atoms with van der Waals surface area (Å²) in [5, 5.41) is 9.95. The zero-order chi connectivity index (χ0) is 23.4. The Labute approximate surface area is 182 Å². The largest absolute Gasteiger partial charge is 0.466 e. The van der Waals surface area contributed by atoms with Crippen molar-refractivity contribution < 1.29 is 28.2 Å². The van der Waals surface area contributed by atoms with Crippen molar-refractivity contribution in [1.29, 1.82) is 5.26 Å². The Kier molecular flexibility index (Phi) is 6.35. The molecule has 2 aromatic carbocycles. The molecule has 2 aromatic rings. The predicted molar refractivity (Wildman–Crippen MR) is 111 cm³/mol. The number of rotatable bonds is 5. The van der Waals surface area contributed by atoms with Gasteiger partial charge in [-0.2, -0.15) is 5.26 Å². The highest BCUT2D eigenvalue weighted by molar-refractivity contribution is 6.07. The lowest BCUT2D eigenvalue weighted by Crippen LogP contribution is -2.41. The van der Waals surface area contributed by atoms with Crippen LogP contribution < -0.4 is 10.6 Å². The van der Waals surface area contributed by atoms with E-state index in [4.69, 9.17) is 15.2 Å². The Morgan fingerprint density at radius 2 is 1.78 bits per heavy atom. The molecule has 0 fully saturated rings. The maximum absolute atomic E-state index is 13.8. The fraction of sp³-hybridized carbons (Fsp3) is 0.130. The molecule has 3 rings (SSSR count). The molecule has 1 heterocycles. The van der Waals surface area contributed by atoms with Crippen LogP contribution >= 0.6 is 0 Å². The fourth-order valence-electron chi connectivity index (χ4n) is 3.59. The molecule has 0 aliphatic carbocycles. The van der Waals surface area contributed by atoms with E-state index in [2.05, 4.69) is 0 Å². The van der Waals surface area contributed by atoms with Crippen LogP contribution in [0.5, 0.6) is 0 Å². The maximum Gasteiger partial charge on any atom is 0.355 e. The second-order valence-corrected chi connectivity index (χ2v) is 6.66. The predicted octanol–water partition coefficient (Wildman–Crippen LogP) is 2.54. The van der Waals surface area contributed by atoms with Gasteiger partial charge < -0.3 is 15.2 Å². The van der Waals surface area contributed by atoms with E-state index in [1.54, 1.807) is 30.3 Å². The van der Waals surface area contributed by atoms with Crippen LogP contribution in [-0.4, -0.2) is 32.4 Å². The van der Waals surface area contributed by atoms with E-state index in [0.717, 1.165) is 31.3 Å². The second kappa shape index (κ2) is 9.14. The van der Waals surface area contributed by atoms with Crippen molar-refractivity contribution in [2.45, 2.75) is 5.92 Å². The van der Waals surface area contributed by atoms with Crippen LogP contribution in [-0.2, 0) is 19.1 Å². The van der Waals surface area contributed by atoms with Crippen molar-refractivity contribution in [3.8, 4) is 6.07 Å². The summed E-state index contributed by atoms with van der Waals surface area (Å²) >= 11 is 0. The zero-order valence-corrected chi connectivity index (χ0v) is 17.2. The number of anilines is 1. The summed E-state index contributed by atoms with van der Waals surface area (Å²) in [7, 11) is 2.23. The van der Waals surface area contributed by atoms with Gasteiger partial charge >= 0.3 is 11.9 Å². The van der Waals surface area contributed by atoms with Crippen molar-refractivity contribution >= 4 is 23.9 Å². The van der Waals surface area contributed by atoms with Gasteiger partial charge in [0, 0.05) is 5.56 Å². The lowest BCUT2D eigenvalue weighted by atomic mass is 9.80. The van der Waals surface area contributed by atoms with Crippen molar-refractivity contribution in [3.63, 3.8) is 0 Å². The van der Waals surface area contributed by atoms with E-state index in [0.29, 0.717) is 11.8 Å². The van der Waals surface area contributed by atoms with E-state index in [1.165, 1.54) is 6.07 Å². The van der Waals surface area contributed by atoms with Gasteiger partial charge in [0.25, 0.3) is 0 Å². The first-order valence-electron chi connectivity index (χ1n) is 9.29. The number of carbonyl (C=O) groups excluding carboxylic acids is 3. The Morgan fingerprint density at radius 3 is 2.34 bits per heavy atom. The number of esters is 2. The van der Waals surface area contributed by atoms with Gasteiger partial charge in [0.15, 0.2) is 6.29 Å². The molecule has 9 heteroatoms. The van der Waals surface area contributed by atoms with E-state index in [1.807, 2.05) is 6.07 Å². The van der Waals surface area contributed by atoms with Crippen LogP contribution in [0, 0.1) is 17.1 Å². The summed E-state index contributed by atoms with van der Waals surface area (Å²) in [6, 6.07) is 13.7. The number of hydrogen-bond acceptors (Lipinski definition) is 8. The SMILES string of the molecule is COC(=O)C1=C(C(=O)OC)N(c2ccc(F)cc2C=O)C(N)=C(C#N)C1c1ccccc1. The lowest BCUT2D eigenvalue weighted by molar-refractivity contribution is -0.139. The molecule has 1 unspecified atom stereocenters. The van der Waals surface area contributed by atoms with E-state index in [-0.39, 0.29) is 33.9 Å². The minimum absolute atomic E-state index is 0.0139. The third-order valence-corrected chi connectivity index (χ3v) is 4.97. The molecule has 1 aliphatic heterocycles. The molecule has 162 valence electrons. The monoisotopic (exact) mass is 435 g/mol. The quantitative estimate of drug-likeness (QED) is 0.562. The summed E-state index contributed by atoms with van der Waals surface area (Å²) in [6.07, 6.45) is 0.369. The number of halogens is 1. The number of hydrogen-bond donors (Lipinski definition) is 1. The number of nitrogens with two attached hydrogens (primary N) is 1. The first-order valence-corrected chi connectivity index (χ1v) is 9.29. The minimum atomic E-state index is -1.04. The molecule has 2 N–H and O–H groups in total. The summed E-state index contributed by atoms with van der Waals surface area (Å²) < 4.78 is 23.6. The fourth-order valence-corrected chi connectivity index (χ4v) is 3.59. The van der Waals surface area contributed by atoms with Gasteiger partial charge in [-0.05, 0) is 23.8 Å². The van der Waals surface area contributed by atoms with Gasteiger partial charge in [-0.1, -0.05) is 30.3 Å². The van der Waals surface area contributed by atoms with Gasteiger partial charge in [0.2, 0.25) is 0 Å². The highest BCUT2D eigenvalue weighted by Gasteiger charge is 2.43. The number of nitriles is 1. The van der Waals surface area contributed by atoms with E-state index >= 15 is 0 Å². The smallest absolute Gasteiger partial charge is 0.355 e. The first kappa shape index (κ1) is 22.2. The average Bonchev–Trinajstić information content (AvgIpc) is 2.82. The number of benzene rings is 2. The van der Waals surface area contributed by atoms with Crippen molar-refractivity contribution in [1.82, 2.24) is 0 Å². The standard InChI is InChI=1S/C23H18FN3O5/c1-31-22(29)19-18(13-6-4-3-5-7-13)16(11-25)21(26)27(20(19)23(30)32-2)17-9-8-15(24)10-14(17)12-28/h3-10,12,18H,26H2,1-2H3. The lowest BCUT2D eigenvalue weighted by Gasteiger charge is -2.36. The normalized spacial score (nSPS) is 15.8. The molecule has 0 amide bonds. The summed E-state index contributed by atoms with van der Waals surface area (Å²) in [6.45, 7) is 0. The number of nitrogens with zero attached hydrogens (tertiary/aromatic N) is 2. The molecule has 0 aromatic heterocycles. The molecule has 1 aliphatic rings. The Morgan fingerprint density at radius 1 is 1.12 bits per heavy atom.